The Kier molecular flexibility index (Phi) is 3.67. The normalized spacial score (nSPS) is 17.3. The molecule has 100 valence electrons. The first-order valence-corrected chi connectivity index (χ1v) is 5.83. The first-order chi connectivity index (χ1) is 9.15. The molecule has 1 N–H and O–H groups in total. The number of aliphatic hydroxyl groups excluding tert-OH is 1. The van der Waals surface area contributed by atoms with Gasteiger partial charge < -0.3 is 14.7 Å². The van der Waals surface area contributed by atoms with Crippen LogP contribution in [0, 0.1) is 17.1 Å². The van der Waals surface area contributed by atoms with Crippen LogP contribution in [0.5, 0.6) is 5.75 Å². The zero-order valence-corrected chi connectivity index (χ0v) is 10.4. The molecular formula is C13H13FN2O3. The van der Waals surface area contributed by atoms with E-state index in [0.717, 1.165) is 0 Å². The van der Waals surface area contributed by atoms with Crippen molar-refractivity contribution >= 4 is 5.91 Å². The second-order valence-electron chi connectivity index (χ2n) is 4.15. The fourth-order valence-electron chi connectivity index (χ4n) is 2.25. The molecule has 0 saturated heterocycles. The Morgan fingerprint density at radius 3 is 2.89 bits per heavy atom. The third kappa shape index (κ3) is 2.02. The number of hydrogen-bond donors (Lipinski definition) is 1. The molecule has 0 spiro atoms. The highest BCUT2D eigenvalue weighted by molar-refractivity contribution is 6.02. The molecular weight excluding hydrogens is 251 g/mol. The molecule has 1 aliphatic rings. The Balaban J connectivity index is 2.52. The van der Waals surface area contributed by atoms with Gasteiger partial charge in [-0.2, -0.15) is 5.26 Å². The molecule has 5 nitrogen and oxygen atoms in total. The maximum Gasteiger partial charge on any atom is 0.259 e. The number of carbonyl (C=O) groups excluding carboxylic acids is 1. The minimum absolute atomic E-state index is 0.0600. The summed E-state index contributed by atoms with van der Waals surface area (Å²) in [7, 11) is 1.39. The van der Waals surface area contributed by atoms with Gasteiger partial charge in [0.05, 0.1) is 18.7 Å². The molecule has 0 bridgehead atoms. The van der Waals surface area contributed by atoms with Crippen molar-refractivity contribution in [3.8, 4) is 11.8 Å². The van der Waals surface area contributed by atoms with Crippen LogP contribution < -0.4 is 4.74 Å². The molecule has 1 unspecified atom stereocenters. The summed E-state index contributed by atoms with van der Waals surface area (Å²) >= 11 is 0. The number of fused-ring (bicyclic) bond motifs is 1. The van der Waals surface area contributed by atoms with Gasteiger partial charge in [-0.05, 0) is 18.6 Å². The summed E-state index contributed by atoms with van der Waals surface area (Å²) in [5.74, 6) is -0.776. The number of benzene rings is 1. The average Bonchev–Trinajstić information content (AvgIpc) is 2.71. The van der Waals surface area contributed by atoms with E-state index in [0.29, 0.717) is 6.42 Å². The van der Waals surface area contributed by atoms with Crippen LogP contribution in [0.3, 0.4) is 0 Å². The third-order valence-corrected chi connectivity index (χ3v) is 3.11. The minimum atomic E-state index is -0.968. The van der Waals surface area contributed by atoms with Crippen LogP contribution in [-0.2, 0) is 0 Å². The summed E-state index contributed by atoms with van der Waals surface area (Å²) in [6.45, 7) is 0.0999. The lowest BCUT2D eigenvalue weighted by molar-refractivity contribution is 0.0743. The van der Waals surface area contributed by atoms with Gasteiger partial charge in [0, 0.05) is 18.7 Å². The summed E-state index contributed by atoms with van der Waals surface area (Å²) in [6, 6.07) is 3.52. The molecule has 0 fully saturated rings. The largest absolute Gasteiger partial charge is 0.496 e. The highest BCUT2D eigenvalue weighted by atomic mass is 19.1. The number of nitriles is 1. The molecule has 2 rings (SSSR count). The van der Waals surface area contributed by atoms with Crippen molar-refractivity contribution in [2.75, 3.05) is 20.3 Å². The van der Waals surface area contributed by atoms with Crippen molar-refractivity contribution in [1.29, 1.82) is 5.26 Å². The molecule has 1 amide bonds. The lowest BCUT2D eigenvalue weighted by atomic mass is 10.0. The monoisotopic (exact) mass is 264 g/mol. The van der Waals surface area contributed by atoms with Crippen molar-refractivity contribution in [3.63, 3.8) is 0 Å². The van der Waals surface area contributed by atoms with Gasteiger partial charge in [0.1, 0.15) is 17.6 Å². The molecule has 1 aromatic rings. The predicted molar refractivity (Wildman–Crippen MR) is 64.0 cm³/mol. The van der Waals surface area contributed by atoms with Gasteiger partial charge in [-0.1, -0.05) is 0 Å². The van der Waals surface area contributed by atoms with Gasteiger partial charge in [0.15, 0.2) is 0 Å². The number of nitrogens with zero attached hydrogens (tertiary/aromatic N) is 2. The van der Waals surface area contributed by atoms with Crippen molar-refractivity contribution in [1.82, 2.24) is 4.90 Å². The van der Waals surface area contributed by atoms with Gasteiger partial charge in [0.2, 0.25) is 0 Å². The molecule has 0 aliphatic carbocycles. The smallest absolute Gasteiger partial charge is 0.259 e. The van der Waals surface area contributed by atoms with Gasteiger partial charge >= 0.3 is 0 Å². The first kappa shape index (κ1) is 13.3. The topological polar surface area (TPSA) is 73.6 Å². The van der Waals surface area contributed by atoms with E-state index < -0.39 is 17.8 Å². The molecule has 1 atom stereocenters. The van der Waals surface area contributed by atoms with Gasteiger partial charge in [-0.15, -0.1) is 0 Å². The predicted octanol–water partition coefficient (Wildman–Crippen LogP) is 1.24. The zero-order valence-electron chi connectivity index (χ0n) is 10.4. The number of amides is 1. The summed E-state index contributed by atoms with van der Waals surface area (Å²) in [4.78, 5) is 13.5. The molecule has 1 aromatic carbocycles. The summed E-state index contributed by atoms with van der Waals surface area (Å²) in [6.07, 6.45) is 0.335. The number of ether oxygens (including phenoxy) is 1. The van der Waals surface area contributed by atoms with Crippen LogP contribution in [0.25, 0.3) is 0 Å². The van der Waals surface area contributed by atoms with Crippen LogP contribution in [0.2, 0.25) is 0 Å². The van der Waals surface area contributed by atoms with Crippen LogP contribution in [0.15, 0.2) is 12.1 Å². The summed E-state index contributed by atoms with van der Waals surface area (Å²) in [5, 5.41) is 18.0. The lowest BCUT2D eigenvalue weighted by Gasteiger charge is -2.19. The van der Waals surface area contributed by atoms with Gasteiger partial charge in [0.25, 0.3) is 5.91 Å². The standard InChI is InChI=1S/C13H13FN2O3/c1-19-10-4-3-8(14)11-9(7-15)16(5-2-6-17)13(18)12(10)11/h3-4,9,17H,2,5-6H2,1H3. The highest BCUT2D eigenvalue weighted by Crippen LogP contribution is 2.39. The zero-order chi connectivity index (χ0) is 14.0. The Morgan fingerprint density at radius 2 is 2.32 bits per heavy atom. The molecule has 0 radical (unpaired) electrons. The number of hydrogen-bond acceptors (Lipinski definition) is 4. The van der Waals surface area contributed by atoms with Crippen molar-refractivity contribution in [3.05, 3.63) is 29.1 Å². The fraction of sp³-hybridized carbons (Fsp3) is 0.385. The van der Waals surface area contributed by atoms with Crippen molar-refractivity contribution in [2.45, 2.75) is 12.5 Å². The van der Waals surface area contributed by atoms with E-state index in [-0.39, 0.29) is 30.0 Å². The van der Waals surface area contributed by atoms with E-state index in [1.54, 1.807) is 0 Å². The lowest BCUT2D eigenvalue weighted by Crippen LogP contribution is -2.29. The SMILES string of the molecule is COc1ccc(F)c2c1C(=O)N(CCCO)C2C#N. The van der Waals surface area contributed by atoms with E-state index in [2.05, 4.69) is 0 Å². The molecule has 19 heavy (non-hydrogen) atoms. The number of methoxy groups -OCH3 is 1. The number of rotatable bonds is 4. The van der Waals surface area contributed by atoms with Crippen molar-refractivity contribution in [2.24, 2.45) is 0 Å². The summed E-state index contributed by atoms with van der Waals surface area (Å²) in [5.41, 5.74) is 0.164. The minimum Gasteiger partial charge on any atom is -0.496 e. The fourth-order valence-corrected chi connectivity index (χ4v) is 2.25. The number of aliphatic hydroxyl groups is 1. The molecule has 0 aromatic heterocycles. The van der Waals surface area contributed by atoms with Crippen LogP contribution in [0.1, 0.15) is 28.4 Å². The number of carbonyl (C=O) groups is 1. The van der Waals surface area contributed by atoms with E-state index >= 15 is 0 Å². The molecule has 0 saturated carbocycles. The average molecular weight is 264 g/mol. The van der Waals surface area contributed by atoms with Crippen LogP contribution in [0.4, 0.5) is 4.39 Å². The quantitative estimate of drug-likeness (QED) is 0.887. The Hall–Kier alpha value is -2.13. The maximum absolute atomic E-state index is 13.9. The van der Waals surface area contributed by atoms with Gasteiger partial charge in [-0.25, -0.2) is 4.39 Å². The summed E-state index contributed by atoms with van der Waals surface area (Å²) < 4.78 is 18.9. The Labute approximate surface area is 109 Å². The molecule has 1 heterocycles. The van der Waals surface area contributed by atoms with Gasteiger partial charge in [-0.3, -0.25) is 4.79 Å². The van der Waals surface area contributed by atoms with E-state index in [4.69, 9.17) is 9.84 Å². The Morgan fingerprint density at radius 1 is 1.58 bits per heavy atom. The number of halogens is 1. The second kappa shape index (κ2) is 5.24. The molecule has 6 heteroatoms. The van der Waals surface area contributed by atoms with Crippen LogP contribution >= 0.6 is 0 Å². The van der Waals surface area contributed by atoms with Crippen molar-refractivity contribution < 1.29 is 19.0 Å². The van der Waals surface area contributed by atoms with E-state index in [1.807, 2.05) is 6.07 Å². The Bertz CT molecular complexity index is 554. The maximum atomic E-state index is 13.9. The third-order valence-electron chi connectivity index (χ3n) is 3.11. The first-order valence-electron chi connectivity index (χ1n) is 5.83. The van der Waals surface area contributed by atoms with E-state index in [1.165, 1.54) is 24.1 Å². The van der Waals surface area contributed by atoms with Crippen LogP contribution in [-0.4, -0.2) is 36.2 Å². The van der Waals surface area contributed by atoms with E-state index in [9.17, 15) is 14.4 Å². The second-order valence-corrected chi connectivity index (χ2v) is 4.15. The molecule has 1 aliphatic heterocycles. The highest BCUT2D eigenvalue weighted by Gasteiger charge is 2.41.